The summed E-state index contributed by atoms with van der Waals surface area (Å²) in [6.07, 6.45) is 1.36. The number of carboxylic acids is 1. The van der Waals surface area contributed by atoms with E-state index in [1.54, 1.807) is 6.21 Å². The lowest BCUT2D eigenvalue weighted by Crippen LogP contribution is -2.32. The molecule has 3 rings (SSSR count). The number of carbonyl (C=O) groups excluding carboxylic acids is 1. The molecule has 1 amide bonds. The summed E-state index contributed by atoms with van der Waals surface area (Å²) in [7, 11) is 0. The first-order chi connectivity index (χ1) is 14.9. The molecule has 8 heteroatoms. The molecule has 1 atom stereocenters. The molecule has 0 radical (unpaired) electrons. The second-order valence-electron chi connectivity index (χ2n) is 7.10. The standard InChI is InChI=1S/C23H26N4O3S/c1-4-26(5-2)18-12-8-17(9-13-18)15-24-25-23-27(19-10-6-16(3)7-11-19)22(30)20(31-23)14-21(28)29/h6-13,15,20H,4-5,14H2,1-3H3,(H,28,29)/b24-15-,25-23-/t20-/m1/s1. The molecule has 0 bridgehead atoms. The molecule has 7 nitrogen and oxygen atoms in total. The number of aliphatic carboxylic acids is 1. The van der Waals surface area contributed by atoms with Gasteiger partial charge in [-0.1, -0.05) is 41.6 Å². The maximum atomic E-state index is 12.8. The Morgan fingerprint density at radius 3 is 2.35 bits per heavy atom. The predicted octanol–water partition coefficient (Wildman–Crippen LogP) is 4.15. The van der Waals surface area contributed by atoms with E-state index < -0.39 is 11.2 Å². The van der Waals surface area contributed by atoms with Crippen molar-refractivity contribution in [3.8, 4) is 0 Å². The van der Waals surface area contributed by atoms with Crippen LogP contribution in [0.5, 0.6) is 0 Å². The molecule has 0 saturated carbocycles. The van der Waals surface area contributed by atoms with Crippen LogP contribution >= 0.6 is 11.8 Å². The van der Waals surface area contributed by atoms with Crippen molar-refractivity contribution < 1.29 is 14.7 Å². The minimum Gasteiger partial charge on any atom is -0.481 e. The average molecular weight is 439 g/mol. The van der Waals surface area contributed by atoms with Gasteiger partial charge in [0.25, 0.3) is 0 Å². The van der Waals surface area contributed by atoms with Gasteiger partial charge in [-0.15, -0.1) is 5.10 Å². The van der Waals surface area contributed by atoms with Gasteiger partial charge in [-0.2, -0.15) is 5.10 Å². The molecule has 1 N–H and O–H groups in total. The van der Waals surface area contributed by atoms with Gasteiger partial charge < -0.3 is 10.0 Å². The summed E-state index contributed by atoms with van der Waals surface area (Å²) in [5.41, 5.74) is 3.74. The van der Waals surface area contributed by atoms with Crippen molar-refractivity contribution in [1.82, 2.24) is 0 Å². The molecule has 2 aromatic carbocycles. The third-order valence-electron chi connectivity index (χ3n) is 4.96. The van der Waals surface area contributed by atoms with Crippen molar-refractivity contribution in [2.24, 2.45) is 10.2 Å². The summed E-state index contributed by atoms with van der Waals surface area (Å²) >= 11 is 1.13. The van der Waals surface area contributed by atoms with Gasteiger partial charge in [0.2, 0.25) is 5.91 Å². The number of hydrogen-bond donors (Lipinski definition) is 1. The van der Waals surface area contributed by atoms with E-state index in [-0.39, 0.29) is 12.3 Å². The Morgan fingerprint density at radius 1 is 1.13 bits per heavy atom. The Bertz CT molecular complexity index is 983. The van der Waals surface area contributed by atoms with Crippen LogP contribution in [0.3, 0.4) is 0 Å². The molecule has 1 aliphatic heterocycles. The quantitative estimate of drug-likeness (QED) is 0.494. The molecule has 0 aliphatic carbocycles. The van der Waals surface area contributed by atoms with Crippen LogP contribution in [0.25, 0.3) is 0 Å². The van der Waals surface area contributed by atoms with Crippen LogP contribution in [0, 0.1) is 6.92 Å². The Morgan fingerprint density at radius 2 is 1.77 bits per heavy atom. The SMILES string of the molecule is CCN(CC)c1ccc(/C=N\N=C2/S[C@H](CC(=O)O)C(=O)N2c2ccc(C)cc2)cc1. The number of benzene rings is 2. The normalized spacial score (nSPS) is 17.6. The summed E-state index contributed by atoms with van der Waals surface area (Å²) in [6.45, 7) is 8.08. The highest BCUT2D eigenvalue weighted by Crippen LogP contribution is 2.33. The summed E-state index contributed by atoms with van der Waals surface area (Å²) in [4.78, 5) is 27.7. The lowest BCUT2D eigenvalue weighted by molar-refractivity contribution is -0.138. The number of carbonyl (C=O) groups is 2. The van der Waals surface area contributed by atoms with E-state index in [9.17, 15) is 9.59 Å². The molecule has 0 spiro atoms. The summed E-state index contributed by atoms with van der Waals surface area (Å²) in [5.74, 6) is -1.32. The van der Waals surface area contributed by atoms with Crippen molar-refractivity contribution in [2.75, 3.05) is 22.9 Å². The first-order valence-corrected chi connectivity index (χ1v) is 11.1. The number of nitrogens with zero attached hydrogens (tertiary/aromatic N) is 4. The zero-order chi connectivity index (χ0) is 22.4. The topological polar surface area (TPSA) is 85.6 Å². The molecule has 1 aliphatic rings. The van der Waals surface area contributed by atoms with E-state index >= 15 is 0 Å². The lowest BCUT2D eigenvalue weighted by atomic mass is 10.2. The van der Waals surface area contributed by atoms with Crippen LogP contribution in [0.15, 0.2) is 58.7 Å². The molecule has 1 heterocycles. The maximum absolute atomic E-state index is 12.8. The van der Waals surface area contributed by atoms with E-state index in [1.165, 1.54) is 4.90 Å². The number of aryl methyl sites for hydroxylation is 1. The summed E-state index contributed by atoms with van der Waals surface area (Å²) in [6, 6.07) is 15.5. The molecule has 0 unspecified atom stereocenters. The van der Waals surface area contributed by atoms with Gasteiger partial charge in [0.15, 0.2) is 5.17 Å². The monoisotopic (exact) mass is 438 g/mol. The van der Waals surface area contributed by atoms with Crippen molar-refractivity contribution in [2.45, 2.75) is 32.4 Å². The third-order valence-corrected chi connectivity index (χ3v) is 6.09. The first kappa shape index (κ1) is 22.6. The average Bonchev–Trinajstić information content (AvgIpc) is 3.05. The fraction of sp³-hybridized carbons (Fsp3) is 0.304. The van der Waals surface area contributed by atoms with Crippen LogP contribution in [-0.2, 0) is 9.59 Å². The Hall–Kier alpha value is -3.13. The van der Waals surface area contributed by atoms with Gasteiger partial charge in [0.05, 0.1) is 18.3 Å². The second-order valence-corrected chi connectivity index (χ2v) is 8.27. The number of amides is 1. The van der Waals surface area contributed by atoms with Crippen LogP contribution < -0.4 is 9.80 Å². The van der Waals surface area contributed by atoms with E-state index in [4.69, 9.17) is 5.11 Å². The fourth-order valence-electron chi connectivity index (χ4n) is 3.26. The Kier molecular flexibility index (Phi) is 7.46. The molecule has 162 valence electrons. The van der Waals surface area contributed by atoms with Gasteiger partial charge in [-0.25, -0.2) is 0 Å². The highest BCUT2D eigenvalue weighted by Gasteiger charge is 2.40. The zero-order valence-electron chi connectivity index (χ0n) is 17.9. The molecular formula is C23H26N4O3S. The highest BCUT2D eigenvalue weighted by atomic mass is 32.2. The molecule has 0 aromatic heterocycles. The minimum atomic E-state index is -1.02. The van der Waals surface area contributed by atoms with E-state index in [2.05, 4.69) is 29.0 Å². The second kappa shape index (κ2) is 10.3. The van der Waals surface area contributed by atoms with Crippen molar-refractivity contribution >= 4 is 46.4 Å². The maximum Gasteiger partial charge on any atom is 0.305 e. The zero-order valence-corrected chi connectivity index (χ0v) is 18.7. The van der Waals surface area contributed by atoms with Crippen molar-refractivity contribution in [1.29, 1.82) is 0 Å². The van der Waals surface area contributed by atoms with Crippen LogP contribution in [-0.4, -0.2) is 46.7 Å². The van der Waals surface area contributed by atoms with Crippen molar-refractivity contribution in [3.05, 3.63) is 59.7 Å². The summed E-state index contributed by atoms with van der Waals surface area (Å²) < 4.78 is 0. The number of hydrogen-bond acceptors (Lipinski definition) is 6. The molecular weight excluding hydrogens is 412 g/mol. The van der Waals surface area contributed by atoms with E-state index in [1.807, 2.05) is 55.5 Å². The van der Waals surface area contributed by atoms with Gasteiger partial charge in [0.1, 0.15) is 5.25 Å². The van der Waals surface area contributed by atoms with Gasteiger partial charge in [0, 0.05) is 18.8 Å². The predicted molar refractivity (Wildman–Crippen MR) is 127 cm³/mol. The lowest BCUT2D eigenvalue weighted by Gasteiger charge is -2.20. The smallest absolute Gasteiger partial charge is 0.305 e. The third kappa shape index (κ3) is 5.52. The minimum absolute atomic E-state index is 0.262. The van der Waals surface area contributed by atoms with Gasteiger partial charge in [-0.05, 0) is 50.6 Å². The Balaban J connectivity index is 1.82. The fourth-order valence-corrected chi connectivity index (χ4v) is 4.34. The number of thioether (sulfide) groups is 1. The molecule has 1 fully saturated rings. The van der Waals surface area contributed by atoms with Gasteiger partial charge >= 0.3 is 5.97 Å². The largest absolute Gasteiger partial charge is 0.481 e. The number of amidine groups is 1. The number of anilines is 2. The molecule has 1 saturated heterocycles. The molecule has 31 heavy (non-hydrogen) atoms. The van der Waals surface area contributed by atoms with Gasteiger partial charge in [-0.3, -0.25) is 14.5 Å². The first-order valence-electron chi connectivity index (χ1n) is 10.2. The van der Waals surface area contributed by atoms with E-state index in [0.29, 0.717) is 10.9 Å². The Labute approximate surface area is 186 Å². The van der Waals surface area contributed by atoms with E-state index in [0.717, 1.165) is 41.7 Å². The summed E-state index contributed by atoms with van der Waals surface area (Å²) in [5, 5.41) is 17.2. The molecule has 2 aromatic rings. The highest BCUT2D eigenvalue weighted by molar-refractivity contribution is 8.16. The number of carboxylic acid groups (broad SMARTS) is 1. The van der Waals surface area contributed by atoms with Crippen LogP contribution in [0.1, 0.15) is 31.4 Å². The van der Waals surface area contributed by atoms with Crippen molar-refractivity contribution in [3.63, 3.8) is 0 Å². The number of rotatable bonds is 8. The van der Waals surface area contributed by atoms with Crippen LogP contribution in [0.4, 0.5) is 11.4 Å². The van der Waals surface area contributed by atoms with Crippen LogP contribution in [0.2, 0.25) is 0 Å².